The molecule has 1 aliphatic carbocycles. The monoisotopic (exact) mass is 292 g/mol. The molecule has 0 spiro atoms. The molecule has 0 unspecified atom stereocenters. The number of carbonyl (C=O) groups is 2. The number of carbonyl (C=O) groups excluding carboxylic acids is 2. The van der Waals surface area contributed by atoms with E-state index < -0.39 is 24.5 Å². The summed E-state index contributed by atoms with van der Waals surface area (Å²) in [6.45, 7) is 8.26. The third kappa shape index (κ3) is 4.73. The zero-order chi connectivity index (χ0) is 15.8. The van der Waals surface area contributed by atoms with Crippen molar-refractivity contribution in [2.45, 2.75) is 32.0 Å². The zero-order valence-corrected chi connectivity index (χ0v) is 11.7. The van der Waals surface area contributed by atoms with E-state index in [0.29, 0.717) is 12.0 Å². The van der Waals surface area contributed by atoms with Gasteiger partial charge in [0.15, 0.2) is 0 Å². The Balaban J connectivity index is 2.80. The normalized spacial score (nSPS) is 20.8. The van der Waals surface area contributed by atoms with Crippen LogP contribution in [-0.2, 0) is 18.9 Å². The van der Waals surface area contributed by atoms with Gasteiger partial charge < -0.3 is 18.9 Å². The molecule has 0 aromatic carbocycles. The molecule has 2 atom stereocenters. The smallest absolute Gasteiger partial charge is 0.430 e. The lowest BCUT2D eigenvalue weighted by Crippen LogP contribution is -2.32. The Hall–Kier alpha value is -2.68. The van der Waals surface area contributed by atoms with Crippen molar-refractivity contribution in [3.8, 4) is 12.3 Å². The molecule has 6 nitrogen and oxygen atoms in total. The van der Waals surface area contributed by atoms with Gasteiger partial charge in [0, 0.05) is 18.4 Å². The van der Waals surface area contributed by atoms with E-state index in [9.17, 15) is 9.59 Å². The summed E-state index contributed by atoms with van der Waals surface area (Å²) in [4.78, 5) is 22.6. The third-order valence-electron chi connectivity index (χ3n) is 2.90. The summed E-state index contributed by atoms with van der Waals surface area (Å²) in [5.74, 6) is 2.50. The van der Waals surface area contributed by atoms with Gasteiger partial charge in [-0.2, -0.15) is 0 Å². The molecule has 0 amide bonds. The van der Waals surface area contributed by atoms with Crippen molar-refractivity contribution < 1.29 is 28.5 Å². The van der Waals surface area contributed by atoms with Gasteiger partial charge >= 0.3 is 12.3 Å². The summed E-state index contributed by atoms with van der Waals surface area (Å²) in [5.41, 5.74) is 1.32. The second-order valence-corrected chi connectivity index (χ2v) is 4.16. The van der Waals surface area contributed by atoms with E-state index in [4.69, 9.17) is 15.9 Å². The molecular formula is C15H16O6. The van der Waals surface area contributed by atoms with Crippen molar-refractivity contribution in [2.75, 3.05) is 0 Å². The summed E-state index contributed by atoms with van der Waals surface area (Å²) in [6.07, 6.45) is 4.95. The summed E-state index contributed by atoms with van der Waals surface area (Å²) in [6, 6.07) is 0. The molecule has 0 aromatic rings. The Morgan fingerprint density at radius 3 is 2.33 bits per heavy atom. The molecule has 0 bridgehead atoms. The summed E-state index contributed by atoms with van der Waals surface area (Å²) >= 11 is 0. The van der Waals surface area contributed by atoms with Crippen LogP contribution in [0.25, 0.3) is 0 Å². The van der Waals surface area contributed by atoms with E-state index in [1.807, 2.05) is 0 Å². The Labute approximate surface area is 123 Å². The third-order valence-corrected chi connectivity index (χ3v) is 2.90. The number of ether oxygens (including phenoxy) is 4. The quantitative estimate of drug-likeness (QED) is 0.450. The van der Waals surface area contributed by atoms with E-state index >= 15 is 0 Å². The summed E-state index contributed by atoms with van der Waals surface area (Å²) < 4.78 is 19.2. The van der Waals surface area contributed by atoms with Gasteiger partial charge in [-0.05, 0) is 12.5 Å². The highest BCUT2D eigenvalue weighted by atomic mass is 16.7. The van der Waals surface area contributed by atoms with Crippen molar-refractivity contribution in [1.29, 1.82) is 0 Å². The molecular weight excluding hydrogens is 276 g/mol. The fourth-order valence-corrected chi connectivity index (χ4v) is 1.92. The largest absolute Gasteiger partial charge is 0.513 e. The molecule has 0 aliphatic heterocycles. The fourth-order valence-electron chi connectivity index (χ4n) is 1.92. The molecule has 0 saturated carbocycles. The Morgan fingerprint density at radius 1 is 1.24 bits per heavy atom. The van der Waals surface area contributed by atoms with Gasteiger partial charge in [0.1, 0.15) is 12.2 Å². The maximum atomic E-state index is 11.3. The molecule has 6 heteroatoms. The highest BCUT2D eigenvalue weighted by Crippen LogP contribution is 2.29. The summed E-state index contributed by atoms with van der Waals surface area (Å²) in [7, 11) is 0. The molecule has 0 radical (unpaired) electrons. The van der Waals surface area contributed by atoms with Crippen LogP contribution in [0, 0.1) is 12.3 Å². The average molecular weight is 292 g/mol. The van der Waals surface area contributed by atoms with Crippen LogP contribution in [0.5, 0.6) is 0 Å². The van der Waals surface area contributed by atoms with Crippen molar-refractivity contribution in [1.82, 2.24) is 0 Å². The second-order valence-electron chi connectivity index (χ2n) is 4.16. The Bertz CT molecular complexity index is 511. The number of terminal acetylenes is 1. The van der Waals surface area contributed by atoms with Crippen molar-refractivity contribution in [3.05, 3.63) is 36.8 Å². The van der Waals surface area contributed by atoms with E-state index in [2.05, 4.69) is 28.6 Å². The van der Waals surface area contributed by atoms with Gasteiger partial charge in [-0.25, -0.2) is 9.59 Å². The molecule has 0 saturated heterocycles. The number of hydrogen-bond donors (Lipinski definition) is 0. The molecule has 0 aromatic heterocycles. The van der Waals surface area contributed by atoms with Crippen molar-refractivity contribution in [3.63, 3.8) is 0 Å². The first-order valence-electron chi connectivity index (χ1n) is 6.14. The molecule has 112 valence electrons. The summed E-state index contributed by atoms with van der Waals surface area (Å²) in [5, 5.41) is 0. The lowest BCUT2D eigenvalue weighted by atomic mass is 9.88. The first-order chi connectivity index (χ1) is 10.0. The lowest BCUT2D eigenvalue weighted by Gasteiger charge is -2.29. The molecule has 0 fully saturated rings. The Kier molecular flexibility index (Phi) is 6.08. The fraction of sp³-hybridized carbons (Fsp3) is 0.333. The molecule has 1 aliphatic rings. The Morgan fingerprint density at radius 2 is 1.81 bits per heavy atom. The van der Waals surface area contributed by atoms with Gasteiger partial charge in [-0.1, -0.05) is 19.1 Å². The molecule has 21 heavy (non-hydrogen) atoms. The maximum absolute atomic E-state index is 11.3. The first-order valence-corrected chi connectivity index (χ1v) is 6.14. The minimum atomic E-state index is -0.903. The minimum absolute atomic E-state index is 0.259. The molecule has 1 rings (SSSR count). The topological polar surface area (TPSA) is 71.1 Å². The minimum Gasteiger partial charge on any atom is -0.430 e. The number of rotatable bonds is 4. The standard InChI is InChI=1S/C15H16O6/c1-5-11-8-12(20-14(16)18-6-2)9-13(10(11)4)21-15(17)19-7-3/h1,6-7,12-13H,2-3,8-9H2,4H3/t12-,13+/m1/s1. The van der Waals surface area contributed by atoms with Crippen LogP contribution in [0.1, 0.15) is 19.8 Å². The van der Waals surface area contributed by atoms with E-state index in [-0.39, 0.29) is 6.42 Å². The highest BCUT2D eigenvalue weighted by Gasteiger charge is 2.32. The molecule has 0 N–H and O–H groups in total. The van der Waals surface area contributed by atoms with Crippen LogP contribution in [-0.4, -0.2) is 24.5 Å². The second kappa shape index (κ2) is 7.80. The maximum Gasteiger partial charge on any atom is 0.513 e. The van der Waals surface area contributed by atoms with Crippen LogP contribution >= 0.6 is 0 Å². The number of hydrogen-bond acceptors (Lipinski definition) is 6. The van der Waals surface area contributed by atoms with E-state index in [1.54, 1.807) is 6.92 Å². The van der Waals surface area contributed by atoms with Crippen molar-refractivity contribution >= 4 is 12.3 Å². The van der Waals surface area contributed by atoms with Gasteiger partial charge in [0.25, 0.3) is 0 Å². The van der Waals surface area contributed by atoms with E-state index in [1.165, 1.54) is 0 Å². The van der Waals surface area contributed by atoms with Crippen LogP contribution < -0.4 is 0 Å². The average Bonchev–Trinajstić information content (AvgIpc) is 2.42. The van der Waals surface area contributed by atoms with Gasteiger partial charge in [-0.15, -0.1) is 6.42 Å². The van der Waals surface area contributed by atoms with Crippen LogP contribution in [0.2, 0.25) is 0 Å². The first kappa shape index (κ1) is 16.4. The van der Waals surface area contributed by atoms with Crippen LogP contribution in [0.15, 0.2) is 36.8 Å². The predicted octanol–water partition coefficient (Wildman–Crippen LogP) is 3.06. The lowest BCUT2D eigenvalue weighted by molar-refractivity contribution is 0.00541. The van der Waals surface area contributed by atoms with Gasteiger partial charge in [0.05, 0.1) is 12.5 Å². The zero-order valence-electron chi connectivity index (χ0n) is 11.7. The van der Waals surface area contributed by atoms with E-state index in [0.717, 1.165) is 18.1 Å². The van der Waals surface area contributed by atoms with Crippen LogP contribution in [0.4, 0.5) is 9.59 Å². The highest BCUT2D eigenvalue weighted by molar-refractivity contribution is 5.62. The predicted molar refractivity (Wildman–Crippen MR) is 73.9 cm³/mol. The van der Waals surface area contributed by atoms with Crippen molar-refractivity contribution in [2.24, 2.45) is 0 Å². The van der Waals surface area contributed by atoms with Gasteiger partial charge in [-0.3, -0.25) is 0 Å². The van der Waals surface area contributed by atoms with Gasteiger partial charge in [0.2, 0.25) is 0 Å². The van der Waals surface area contributed by atoms with Crippen LogP contribution in [0.3, 0.4) is 0 Å². The molecule has 0 heterocycles. The SMILES string of the molecule is C#CC1=C(C)[C@@H](OC(=O)OC=C)C[C@H](OC(=O)OC=C)C1.